The maximum atomic E-state index is 7.37. The van der Waals surface area contributed by atoms with Crippen LogP contribution in [0.4, 0.5) is 0 Å². The molecule has 6 nitrogen and oxygen atoms in total. The molecule has 1 aromatic carbocycles. The third kappa shape index (κ3) is 5.16. The van der Waals surface area contributed by atoms with Gasteiger partial charge in [0.05, 0.1) is 19.8 Å². The highest BCUT2D eigenvalue weighted by molar-refractivity contribution is 5.43. The zero-order valence-electron chi connectivity index (χ0n) is 30.7. The average molecular weight is 697 g/mol. The van der Waals surface area contributed by atoms with E-state index in [2.05, 4.69) is 18.2 Å². The minimum Gasteiger partial charge on any atom is -0.487 e. The lowest BCUT2D eigenvalue weighted by molar-refractivity contribution is -0.120. The standard InChI is InChI=1S/C45H60O6/c1-25-2-27-3-26(1)14-43(13-25,15-27)40(37-22-46-37)49-34-10-35(50-41(38-23-47-38)44-16-28-4-29(17-44)6-30(5-28)18-44)12-36(11-34)51-42(39-24-48-39)45-19-31-7-32(20-45)9-33(8-31)21-45/h10-12,25-33,37-42H,1-9,13-24H2. The molecule has 3 saturated heterocycles. The number of rotatable bonds is 12. The smallest absolute Gasteiger partial charge is 0.133 e. The molecule has 0 N–H and O–H groups in total. The minimum absolute atomic E-state index is 0.116. The molecular formula is C45H60O6. The van der Waals surface area contributed by atoms with Gasteiger partial charge in [-0.25, -0.2) is 0 Å². The van der Waals surface area contributed by atoms with E-state index in [1.807, 2.05) is 0 Å². The Hall–Kier alpha value is -1.50. The van der Waals surface area contributed by atoms with Crippen LogP contribution in [-0.2, 0) is 14.2 Å². The lowest BCUT2D eigenvalue weighted by atomic mass is 9.48. The van der Waals surface area contributed by atoms with Crippen LogP contribution in [0.3, 0.4) is 0 Å². The number of ether oxygens (including phenoxy) is 6. The van der Waals surface area contributed by atoms with Gasteiger partial charge >= 0.3 is 0 Å². The first-order valence-corrected chi connectivity index (χ1v) is 21.9. The molecule has 6 unspecified atom stereocenters. The molecule has 3 aliphatic heterocycles. The van der Waals surface area contributed by atoms with Crippen LogP contribution in [-0.4, -0.2) is 56.4 Å². The van der Waals surface area contributed by atoms with Crippen LogP contribution >= 0.6 is 0 Å². The summed E-state index contributed by atoms with van der Waals surface area (Å²) in [5, 5.41) is 0. The first-order valence-electron chi connectivity index (χ1n) is 21.9. The summed E-state index contributed by atoms with van der Waals surface area (Å²) in [5.41, 5.74) is 0.753. The SMILES string of the molecule is c1c(OC(C2CO2)C23CC4CC(CC(C4)C2)C3)cc(OC(C2CO2)C23CC4CC(CC(C4)C2)C3)cc1OC(C1CO1)C12CC3CC(CC(C3)C1)C2. The van der Waals surface area contributed by atoms with Gasteiger partial charge in [-0.2, -0.15) is 0 Å². The van der Waals surface area contributed by atoms with E-state index < -0.39 is 0 Å². The minimum atomic E-state index is 0.116. The zero-order valence-corrected chi connectivity index (χ0v) is 30.7. The van der Waals surface area contributed by atoms with Crippen LogP contribution in [0.5, 0.6) is 17.2 Å². The van der Waals surface area contributed by atoms with Gasteiger partial charge in [0, 0.05) is 34.4 Å². The quantitative estimate of drug-likeness (QED) is 0.204. The fourth-order valence-corrected chi connectivity index (χ4v) is 17.2. The Morgan fingerprint density at radius 1 is 0.373 bits per heavy atom. The van der Waals surface area contributed by atoms with Crippen molar-refractivity contribution >= 4 is 0 Å². The first kappa shape index (κ1) is 30.8. The molecular weight excluding hydrogens is 636 g/mol. The number of hydrogen-bond donors (Lipinski definition) is 0. The summed E-state index contributed by atoms with van der Waals surface area (Å²) in [6.07, 6.45) is 25.9. The summed E-state index contributed by atoms with van der Waals surface area (Å²) in [4.78, 5) is 0. The Balaban J connectivity index is 0.858. The van der Waals surface area contributed by atoms with Crippen LogP contribution < -0.4 is 14.2 Å². The highest BCUT2D eigenvalue weighted by Crippen LogP contribution is 2.66. The fourth-order valence-electron chi connectivity index (χ4n) is 17.2. The number of hydrogen-bond acceptors (Lipinski definition) is 6. The van der Waals surface area contributed by atoms with Gasteiger partial charge in [0.25, 0.3) is 0 Å². The van der Waals surface area contributed by atoms with Crippen LogP contribution in [0.1, 0.15) is 116 Å². The largest absolute Gasteiger partial charge is 0.487 e. The lowest BCUT2D eigenvalue weighted by Crippen LogP contribution is -2.55. The van der Waals surface area contributed by atoms with Gasteiger partial charge in [0.15, 0.2) is 0 Å². The Labute approximate surface area is 304 Å². The number of epoxide rings is 3. The second kappa shape index (κ2) is 10.8. The molecule has 12 aliphatic carbocycles. The van der Waals surface area contributed by atoms with E-state index in [-0.39, 0.29) is 52.9 Å². The van der Waals surface area contributed by atoms with Crippen LogP contribution in [0.15, 0.2) is 18.2 Å². The topological polar surface area (TPSA) is 65.3 Å². The maximum absolute atomic E-state index is 7.37. The van der Waals surface area contributed by atoms with Crippen molar-refractivity contribution in [3.05, 3.63) is 18.2 Å². The molecule has 6 atom stereocenters. The van der Waals surface area contributed by atoms with Crippen LogP contribution in [0.2, 0.25) is 0 Å². The lowest BCUT2D eigenvalue weighted by Gasteiger charge is -2.59. The Morgan fingerprint density at radius 2 is 0.569 bits per heavy atom. The van der Waals surface area contributed by atoms with Gasteiger partial charge < -0.3 is 28.4 Å². The molecule has 51 heavy (non-hydrogen) atoms. The summed E-state index contributed by atoms with van der Waals surface area (Å²) in [5.74, 6) is 10.7. The average Bonchev–Trinajstić information content (AvgIpc) is 3.91. The second-order valence-electron chi connectivity index (χ2n) is 21.7. The van der Waals surface area contributed by atoms with Gasteiger partial charge in [-0.3, -0.25) is 0 Å². The highest BCUT2D eigenvalue weighted by atomic mass is 16.6. The van der Waals surface area contributed by atoms with Gasteiger partial charge in [0.1, 0.15) is 53.9 Å². The molecule has 1 aromatic rings. The molecule has 0 spiro atoms. The predicted molar refractivity (Wildman–Crippen MR) is 191 cm³/mol. The van der Waals surface area contributed by atoms with Crippen molar-refractivity contribution in [3.8, 4) is 17.2 Å². The fraction of sp³-hybridized carbons (Fsp3) is 0.867. The summed E-state index contributed by atoms with van der Waals surface area (Å²) in [6.45, 7) is 2.52. The second-order valence-corrected chi connectivity index (χ2v) is 21.7. The monoisotopic (exact) mass is 696 g/mol. The Bertz CT molecular complexity index is 1260. The van der Waals surface area contributed by atoms with E-state index in [0.717, 1.165) is 90.3 Å². The predicted octanol–water partition coefficient (Wildman–Crippen LogP) is 8.77. The van der Waals surface area contributed by atoms with Gasteiger partial charge in [-0.1, -0.05) is 0 Å². The zero-order chi connectivity index (χ0) is 33.1. The van der Waals surface area contributed by atoms with Gasteiger partial charge in [-0.05, 0) is 169 Å². The maximum Gasteiger partial charge on any atom is 0.133 e. The van der Waals surface area contributed by atoms with Gasteiger partial charge in [0.2, 0.25) is 0 Å². The molecule has 3 heterocycles. The molecule has 12 bridgehead atoms. The molecule has 16 rings (SSSR count). The van der Waals surface area contributed by atoms with Crippen molar-refractivity contribution < 1.29 is 28.4 Å². The van der Waals surface area contributed by atoms with Crippen molar-refractivity contribution in [3.63, 3.8) is 0 Å². The van der Waals surface area contributed by atoms with E-state index in [1.165, 1.54) is 116 Å². The summed E-state index contributed by atoms with van der Waals surface area (Å²) < 4.78 is 40.6. The molecule has 0 amide bonds. The van der Waals surface area contributed by atoms with Crippen molar-refractivity contribution in [1.29, 1.82) is 0 Å². The Morgan fingerprint density at radius 3 is 0.745 bits per heavy atom. The molecule has 15 aliphatic rings. The molecule has 276 valence electrons. The molecule has 12 saturated carbocycles. The first-order chi connectivity index (χ1) is 24.9. The summed E-state index contributed by atoms with van der Waals surface area (Å²) >= 11 is 0. The third-order valence-electron chi connectivity index (χ3n) is 17.8. The van der Waals surface area contributed by atoms with Crippen LogP contribution in [0.25, 0.3) is 0 Å². The van der Waals surface area contributed by atoms with E-state index in [0.29, 0.717) is 0 Å². The van der Waals surface area contributed by atoms with Crippen molar-refractivity contribution in [2.24, 2.45) is 69.5 Å². The third-order valence-corrected chi connectivity index (χ3v) is 17.8. The van der Waals surface area contributed by atoms with Crippen molar-refractivity contribution in [2.75, 3.05) is 19.8 Å². The Kier molecular flexibility index (Phi) is 6.54. The van der Waals surface area contributed by atoms with Crippen molar-refractivity contribution in [2.45, 2.75) is 152 Å². The molecule has 0 aromatic heterocycles. The van der Waals surface area contributed by atoms with Crippen molar-refractivity contribution in [1.82, 2.24) is 0 Å². The van der Waals surface area contributed by atoms with Gasteiger partial charge in [-0.15, -0.1) is 0 Å². The highest BCUT2D eigenvalue weighted by Gasteiger charge is 2.62. The summed E-state index contributed by atoms with van der Waals surface area (Å²) in [6, 6.07) is 6.73. The molecule has 0 radical (unpaired) electrons. The van der Waals surface area contributed by atoms with E-state index in [4.69, 9.17) is 28.4 Å². The molecule has 15 fully saturated rings. The summed E-state index contributed by atoms with van der Waals surface area (Å²) in [7, 11) is 0. The molecule has 6 heteroatoms. The van der Waals surface area contributed by atoms with Crippen LogP contribution in [0, 0.1) is 69.5 Å². The van der Waals surface area contributed by atoms with E-state index in [1.54, 1.807) is 0 Å². The van der Waals surface area contributed by atoms with E-state index >= 15 is 0 Å². The van der Waals surface area contributed by atoms with E-state index in [9.17, 15) is 0 Å². The number of benzene rings is 1. The normalized spacial score (nSPS) is 53.2.